The van der Waals surface area contributed by atoms with Crippen LogP contribution in [0.2, 0.25) is 0 Å². The topological polar surface area (TPSA) is 77.4 Å². The lowest BCUT2D eigenvalue weighted by Gasteiger charge is -2.23. The van der Waals surface area contributed by atoms with E-state index in [0.717, 1.165) is 49.2 Å². The number of ether oxygens (including phenoxy) is 2. The lowest BCUT2D eigenvalue weighted by Crippen LogP contribution is -2.26. The third-order valence-corrected chi connectivity index (χ3v) is 6.62. The molecule has 2 aromatic heterocycles. The van der Waals surface area contributed by atoms with Crippen molar-refractivity contribution in [1.29, 1.82) is 0 Å². The maximum absolute atomic E-state index is 11.4. The van der Waals surface area contributed by atoms with Gasteiger partial charge in [0.25, 0.3) is 0 Å². The van der Waals surface area contributed by atoms with Gasteiger partial charge in [0.1, 0.15) is 40.5 Å². The zero-order valence-corrected chi connectivity index (χ0v) is 19.6. The molecule has 0 atom stereocenters. The van der Waals surface area contributed by atoms with E-state index in [0.29, 0.717) is 31.9 Å². The number of aryl methyl sites for hydroxylation is 1. The van der Waals surface area contributed by atoms with Crippen molar-refractivity contribution in [2.75, 3.05) is 25.2 Å². The number of nitrogens with zero attached hydrogens (tertiary/aromatic N) is 4. The van der Waals surface area contributed by atoms with E-state index in [9.17, 15) is 4.79 Å². The molecule has 3 heterocycles. The van der Waals surface area contributed by atoms with Crippen LogP contribution in [0.15, 0.2) is 42.6 Å². The predicted octanol–water partition coefficient (Wildman–Crippen LogP) is 4.60. The van der Waals surface area contributed by atoms with E-state index in [1.165, 1.54) is 0 Å². The molecule has 7 nitrogen and oxygen atoms in total. The Morgan fingerprint density at radius 1 is 1.21 bits per heavy atom. The van der Waals surface area contributed by atoms with Crippen molar-refractivity contribution in [3.8, 4) is 21.9 Å². The maximum Gasteiger partial charge on any atom is 0.140 e. The third-order valence-electron chi connectivity index (χ3n) is 5.57. The minimum Gasteiger partial charge on any atom is -0.497 e. The Labute approximate surface area is 196 Å². The Hall–Kier alpha value is -3.52. The van der Waals surface area contributed by atoms with Crippen molar-refractivity contribution >= 4 is 33.8 Å². The average Bonchev–Trinajstić information content (AvgIpc) is 3.15. The van der Waals surface area contributed by atoms with E-state index >= 15 is 0 Å². The Bertz CT molecular complexity index is 1350. The SMILES string of the molecule is COc1ccc2c(N3CCOc4ccc(-c5cnc(CC(C)=O)s5)cc4C3)nc(C)nc2c1. The van der Waals surface area contributed by atoms with Crippen LogP contribution in [-0.4, -0.2) is 41.0 Å². The lowest BCUT2D eigenvalue weighted by atomic mass is 10.1. The second kappa shape index (κ2) is 8.78. The fourth-order valence-corrected chi connectivity index (χ4v) is 5.03. The number of ketones is 1. The normalized spacial score (nSPS) is 13.4. The van der Waals surface area contributed by atoms with Crippen molar-refractivity contribution < 1.29 is 14.3 Å². The van der Waals surface area contributed by atoms with E-state index < -0.39 is 0 Å². The molecule has 4 aromatic rings. The predicted molar refractivity (Wildman–Crippen MR) is 129 cm³/mol. The van der Waals surface area contributed by atoms with Crippen LogP contribution in [0.3, 0.4) is 0 Å². The molecular weight excluding hydrogens is 436 g/mol. The van der Waals surface area contributed by atoms with E-state index in [-0.39, 0.29) is 5.78 Å². The number of anilines is 1. The molecule has 5 rings (SSSR count). The number of hydrogen-bond acceptors (Lipinski definition) is 8. The lowest BCUT2D eigenvalue weighted by molar-refractivity contribution is -0.116. The smallest absolute Gasteiger partial charge is 0.140 e. The molecule has 0 N–H and O–H groups in total. The standard InChI is InChI=1S/C25H24N4O3S/c1-15(30)10-24-26-13-23(33-24)17-4-7-22-18(11-17)14-29(8-9-32-22)25-20-6-5-19(31-3)12-21(20)27-16(2)28-25/h4-7,11-13H,8-10,14H2,1-3H3. The first-order chi connectivity index (χ1) is 16.0. The largest absolute Gasteiger partial charge is 0.497 e. The number of carbonyl (C=O) groups is 1. The second-order valence-corrected chi connectivity index (χ2v) is 9.18. The van der Waals surface area contributed by atoms with Gasteiger partial charge in [0.2, 0.25) is 0 Å². The maximum atomic E-state index is 11.4. The summed E-state index contributed by atoms with van der Waals surface area (Å²) in [5, 5.41) is 1.82. The first-order valence-corrected chi connectivity index (χ1v) is 11.6. The van der Waals surface area contributed by atoms with Gasteiger partial charge in [-0.3, -0.25) is 4.79 Å². The summed E-state index contributed by atoms with van der Waals surface area (Å²) in [5.41, 5.74) is 3.02. The van der Waals surface area contributed by atoms with Crippen molar-refractivity contribution in [3.63, 3.8) is 0 Å². The number of Topliss-reactive ketones (excluding diaryl/α,β-unsaturated/α-hetero) is 1. The van der Waals surface area contributed by atoms with Crippen LogP contribution in [-0.2, 0) is 17.8 Å². The van der Waals surface area contributed by atoms with Crippen LogP contribution in [0.1, 0.15) is 23.3 Å². The molecule has 0 spiro atoms. The summed E-state index contributed by atoms with van der Waals surface area (Å²) < 4.78 is 11.4. The molecule has 33 heavy (non-hydrogen) atoms. The van der Waals surface area contributed by atoms with Crippen molar-refractivity contribution in [2.24, 2.45) is 0 Å². The van der Waals surface area contributed by atoms with E-state index in [2.05, 4.69) is 27.0 Å². The van der Waals surface area contributed by atoms with Gasteiger partial charge in [0, 0.05) is 29.8 Å². The van der Waals surface area contributed by atoms with Crippen molar-refractivity contribution in [1.82, 2.24) is 15.0 Å². The summed E-state index contributed by atoms with van der Waals surface area (Å²) in [6.07, 6.45) is 2.21. The van der Waals surface area contributed by atoms with Crippen molar-refractivity contribution in [3.05, 3.63) is 59.0 Å². The highest BCUT2D eigenvalue weighted by molar-refractivity contribution is 7.15. The molecule has 0 aliphatic carbocycles. The van der Waals surface area contributed by atoms with Crippen LogP contribution in [0, 0.1) is 6.92 Å². The minimum absolute atomic E-state index is 0.117. The number of hydrogen-bond donors (Lipinski definition) is 0. The van der Waals surface area contributed by atoms with Crippen LogP contribution < -0.4 is 14.4 Å². The van der Waals surface area contributed by atoms with Gasteiger partial charge in [0.15, 0.2) is 0 Å². The first-order valence-electron chi connectivity index (χ1n) is 10.8. The molecule has 0 saturated heterocycles. The zero-order chi connectivity index (χ0) is 22.9. The Kier molecular flexibility index (Phi) is 5.68. The molecule has 1 aliphatic rings. The van der Waals surface area contributed by atoms with Crippen LogP contribution in [0.25, 0.3) is 21.3 Å². The van der Waals surface area contributed by atoms with Gasteiger partial charge in [-0.2, -0.15) is 0 Å². The fraction of sp³-hybridized carbons (Fsp3) is 0.280. The van der Waals surface area contributed by atoms with Gasteiger partial charge in [-0.05, 0) is 49.7 Å². The number of methoxy groups -OCH3 is 1. The summed E-state index contributed by atoms with van der Waals surface area (Å²) in [4.78, 5) is 28.5. The molecular formula is C25H24N4O3S. The molecule has 0 saturated carbocycles. The van der Waals surface area contributed by atoms with Gasteiger partial charge < -0.3 is 14.4 Å². The number of benzene rings is 2. The highest BCUT2D eigenvalue weighted by Crippen LogP contribution is 2.35. The quantitative estimate of drug-likeness (QED) is 0.431. The fourth-order valence-electron chi connectivity index (χ4n) is 4.04. The summed E-state index contributed by atoms with van der Waals surface area (Å²) >= 11 is 1.56. The van der Waals surface area contributed by atoms with Gasteiger partial charge >= 0.3 is 0 Å². The van der Waals surface area contributed by atoms with Gasteiger partial charge in [-0.1, -0.05) is 0 Å². The summed E-state index contributed by atoms with van der Waals surface area (Å²) in [7, 11) is 1.66. The Morgan fingerprint density at radius 2 is 2.09 bits per heavy atom. The molecule has 1 aliphatic heterocycles. The first kappa shape index (κ1) is 21.3. The van der Waals surface area contributed by atoms with Crippen LogP contribution in [0.5, 0.6) is 11.5 Å². The number of fused-ring (bicyclic) bond motifs is 2. The van der Waals surface area contributed by atoms with E-state index in [1.54, 1.807) is 25.4 Å². The number of aromatic nitrogens is 3. The zero-order valence-electron chi connectivity index (χ0n) is 18.8. The molecule has 0 fully saturated rings. The van der Waals surface area contributed by atoms with Gasteiger partial charge in [-0.25, -0.2) is 15.0 Å². The number of rotatable bonds is 5. The number of carbonyl (C=O) groups excluding carboxylic acids is 1. The Morgan fingerprint density at radius 3 is 2.91 bits per heavy atom. The summed E-state index contributed by atoms with van der Waals surface area (Å²) in [5.74, 6) is 3.38. The summed E-state index contributed by atoms with van der Waals surface area (Å²) in [6, 6.07) is 12.1. The second-order valence-electron chi connectivity index (χ2n) is 8.07. The molecule has 0 amide bonds. The average molecular weight is 461 g/mol. The molecule has 0 bridgehead atoms. The van der Waals surface area contributed by atoms with E-state index in [1.807, 2.05) is 37.4 Å². The van der Waals surface area contributed by atoms with Crippen LogP contribution in [0.4, 0.5) is 5.82 Å². The molecule has 8 heteroatoms. The molecule has 2 aromatic carbocycles. The highest BCUT2D eigenvalue weighted by Gasteiger charge is 2.21. The molecule has 0 unspecified atom stereocenters. The third kappa shape index (κ3) is 4.39. The van der Waals surface area contributed by atoms with E-state index in [4.69, 9.17) is 14.5 Å². The number of thiazole rings is 1. The highest BCUT2D eigenvalue weighted by atomic mass is 32.1. The van der Waals surface area contributed by atoms with Gasteiger partial charge in [-0.15, -0.1) is 11.3 Å². The molecule has 168 valence electrons. The monoisotopic (exact) mass is 460 g/mol. The van der Waals surface area contributed by atoms with Crippen LogP contribution >= 0.6 is 11.3 Å². The summed E-state index contributed by atoms with van der Waals surface area (Å²) in [6.45, 7) is 5.44. The van der Waals surface area contributed by atoms with Crippen molar-refractivity contribution in [2.45, 2.75) is 26.8 Å². The molecule has 0 radical (unpaired) electrons. The Balaban J connectivity index is 1.50. The van der Waals surface area contributed by atoms with Gasteiger partial charge in [0.05, 0.1) is 30.5 Å². The minimum atomic E-state index is 0.117.